The molecule has 3 heteroatoms. The molecule has 0 bridgehead atoms. The van der Waals surface area contributed by atoms with Crippen molar-refractivity contribution < 1.29 is 4.42 Å². The molecule has 0 fully saturated rings. The van der Waals surface area contributed by atoms with Crippen molar-refractivity contribution in [2.24, 2.45) is 0 Å². The minimum atomic E-state index is -0.127. The van der Waals surface area contributed by atoms with E-state index in [1.54, 1.807) is 0 Å². The summed E-state index contributed by atoms with van der Waals surface area (Å²) < 4.78 is 9.27. The Morgan fingerprint density at radius 3 is 2.00 bits per heavy atom. The molecule has 0 radical (unpaired) electrons. The quantitative estimate of drug-likeness (QED) is 0.179. The van der Waals surface area contributed by atoms with E-state index in [0.29, 0.717) is 0 Å². The van der Waals surface area contributed by atoms with Gasteiger partial charge in [0.1, 0.15) is 11.2 Å². The van der Waals surface area contributed by atoms with Gasteiger partial charge in [0.2, 0.25) is 0 Å². The lowest BCUT2D eigenvalue weighted by Gasteiger charge is -2.29. The third kappa shape index (κ3) is 4.38. The molecule has 0 spiro atoms. The van der Waals surface area contributed by atoms with Crippen molar-refractivity contribution in [3.05, 3.63) is 187 Å². The van der Waals surface area contributed by atoms with E-state index in [9.17, 15) is 0 Å². The average Bonchev–Trinajstić information content (AvgIpc) is 3.89. The van der Waals surface area contributed by atoms with Crippen molar-refractivity contribution in [3.8, 4) is 22.3 Å². The van der Waals surface area contributed by atoms with Crippen molar-refractivity contribution >= 4 is 92.1 Å². The third-order valence-corrected chi connectivity index (χ3v) is 13.4. The van der Waals surface area contributed by atoms with Crippen LogP contribution in [0.3, 0.4) is 0 Å². The molecule has 264 valence electrons. The summed E-state index contributed by atoms with van der Waals surface area (Å²) in [6.07, 6.45) is 0. The van der Waals surface area contributed by atoms with Crippen molar-refractivity contribution in [2.45, 2.75) is 19.3 Å². The topological polar surface area (TPSA) is 16.4 Å². The van der Waals surface area contributed by atoms with Crippen LogP contribution in [-0.4, -0.2) is 0 Å². The van der Waals surface area contributed by atoms with E-state index in [-0.39, 0.29) is 5.41 Å². The Balaban J connectivity index is 1.16. The molecule has 0 atom stereocenters. The smallest absolute Gasteiger partial charge is 0.143 e. The van der Waals surface area contributed by atoms with Crippen LogP contribution in [0.1, 0.15) is 25.0 Å². The second-order valence-corrected chi connectivity index (χ2v) is 16.7. The summed E-state index contributed by atoms with van der Waals surface area (Å²) in [7, 11) is 0. The monoisotopic (exact) mass is 733 g/mol. The second kappa shape index (κ2) is 11.7. The number of furan rings is 1. The molecule has 0 unspecified atom stereocenters. The van der Waals surface area contributed by atoms with E-state index in [1.807, 2.05) is 11.3 Å². The number of fused-ring (bicyclic) bond motifs is 13. The lowest BCUT2D eigenvalue weighted by molar-refractivity contribution is 0.660. The van der Waals surface area contributed by atoms with Gasteiger partial charge in [-0.1, -0.05) is 141 Å². The normalized spacial score (nSPS) is 13.3. The van der Waals surface area contributed by atoms with E-state index in [1.165, 1.54) is 80.8 Å². The van der Waals surface area contributed by atoms with Crippen LogP contribution in [0.5, 0.6) is 0 Å². The van der Waals surface area contributed by atoms with Gasteiger partial charge in [-0.2, -0.15) is 0 Å². The lowest BCUT2D eigenvalue weighted by atomic mass is 9.82. The van der Waals surface area contributed by atoms with E-state index in [2.05, 4.69) is 195 Å². The maximum Gasteiger partial charge on any atom is 0.143 e. The number of thiophene rings is 1. The molecular formula is C53H35NOS. The van der Waals surface area contributed by atoms with Gasteiger partial charge >= 0.3 is 0 Å². The summed E-state index contributed by atoms with van der Waals surface area (Å²) in [4.78, 5) is 2.52. The molecule has 0 amide bonds. The Morgan fingerprint density at radius 1 is 0.464 bits per heavy atom. The van der Waals surface area contributed by atoms with E-state index < -0.39 is 0 Å². The van der Waals surface area contributed by atoms with Gasteiger partial charge in [0.05, 0.1) is 11.4 Å². The fraction of sp³-hybridized carbons (Fsp3) is 0.0566. The van der Waals surface area contributed by atoms with Crippen LogP contribution in [0.4, 0.5) is 17.1 Å². The molecule has 2 aromatic heterocycles. The highest BCUT2D eigenvalue weighted by atomic mass is 32.1. The molecule has 9 aromatic carbocycles. The minimum absolute atomic E-state index is 0.127. The number of hydrogen-bond donors (Lipinski definition) is 0. The average molecular weight is 734 g/mol. The predicted octanol–water partition coefficient (Wildman–Crippen LogP) is 15.7. The molecule has 12 rings (SSSR count). The molecule has 2 heterocycles. The third-order valence-electron chi connectivity index (χ3n) is 12.3. The van der Waals surface area contributed by atoms with Crippen LogP contribution in [-0.2, 0) is 5.41 Å². The van der Waals surface area contributed by atoms with Gasteiger partial charge in [-0.05, 0) is 92.5 Å². The number of nitrogens with zero attached hydrogens (tertiary/aromatic N) is 1. The van der Waals surface area contributed by atoms with Crippen molar-refractivity contribution in [1.82, 2.24) is 0 Å². The Morgan fingerprint density at radius 2 is 1.12 bits per heavy atom. The fourth-order valence-electron chi connectivity index (χ4n) is 9.67. The zero-order valence-electron chi connectivity index (χ0n) is 31.0. The molecule has 0 N–H and O–H groups in total. The molecule has 1 aliphatic rings. The first kappa shape index (κ1) is 31.6. The molecule has 1 aliphatic carbocycles. The van der Waals surface area contributed by atoms with Crippen LogP contribution >= 0.6 is 11.3 Å². The Labute approximate surface area is 328 Å². The van der Waals surface area contributed by atoms with Gasteiger partial charge in [0, 0.05) is 53.0 Å². The van der Waals surface area contributed by atoms with Crippen LogP contribution in [0, 0.1) is 0 Å². The molecular weight excluding hydrogens is 699 g/mol. The van der Waals surface area contributed by atoms with Gasteiger partial charge in [0.15, 0.2) is 0 Å². The standard InChI is InChI=1S/C53H35NOS/c1-53(2)41-19-8-7-17-39(41)48-42(53)20-10-21-43(48)54(35-27-24-34(25-28-35)37-18-9-14-32-12-3-5-15-36(32)37)44-22-11-23-46-50(44)51-47(56-46)31-30-45-49(51)40-29-26-33-13-4-6-16-38(33)52(40)55-45/h3-31H,1-2H3. The number of hydrogen-bond acceptors (Lipinski definition) is 3. The molecule has 2 nitrogen and oxygen atoms in total. The first-order valence-electron chi connectivity index (χ1n) is 19.3. The largest absolute Gasteiger partial charge is 0.455 e. The summed E-state index contributed by atoms with van der Waals surface area (Å²) in [5.41, 5.74) is 13.0. The number of benzene rings is 9. The van der Waals surface area contributed by atoms with Gasteiger partial charge in [-0.15, -0.1) is 11.3 Å². The van der Waals surface area contributed by atoms with Crippen LogP contribution in [0.25, 0.3) is 85.9 Å². The summed E-state index contributed by atoms with van der Waals surface area (Å²) in [6.45, 7) is 4.73. The van der Waals surface area contributed by atoms with Crippen LogP contribution in [0.15, 0.2) is 180 Å². The van der Waals surface area contributed by atoms with Gasteiger partial charge in [-0.3, -0.25) is 0 Å². The Hall–Kier alpha value is -6.68. The molecule has 0 aliphatic heterocycles. The molecule has 0 saturated carbocycles. The number of anilines is 3. The fourth-order valence-corrected chi connectivity index (χ4v) is 10.8. The summed E-state index contributed by atoms with van der Waals surface area (Å²) in [5.74, 6) is 0. The second-order valence-electron chi connectivity index (χ2n) is 15.6. The molecule has 56 heavy (non-hydrogen) atoms. The molecule has 0 saturated heterocycles. The summed E-state index contributed by atoms with van der Waals surface area (Å²) in [5, 5.41) is 9.66. The van der Waals surface area contributed by atoms with Crippen molar-refractivity contribution in [3.63, 3.8) is 0 Å². The molecule has 11 aromatic rings. The highest BCUT2D eigenvalue weighted by molar-refractivity contribution is 7.26. The first-order chi connectivity index (χ1) is 27.5. The van der Waals surface area contributed by atoms with Gasteiger partial charge in [0.25, 0.3) is 0 Å². The van der Waals surface area contributed by atoms with Gasteiger partial charge < -0.3 is 9.32 Å². The number of rotatable bonds is 4. The highest BCUT2D eigenvalue weighted by Gasteiger charge is 2.38. The summed E-state index contributed by atoms with van der Waals surface area (Å²) in [6, 6.07) is 64.6. The van der Waals surface area contributed by atoms with Crippen molar-refractivity contribution in [1.29, 1.82) is 0 Å². The first-order valence-corrected chi connectivity index (χ1v) is 20.2. The van der Waals surface area contributed by atoms with Crippen molar-refractivity contribution in [2.75, 3.05) is 4.90 Å². The van der Waals surface area contributed by atoms with Crippen LogP contribution in [0.2, 0.25) is 0 Å². The summed E-state index contributed by atoms with van der Waals surface area (Å²) >= 11 is 1.86. The highest BCUT2D eigenvalue weighted by Crippen LogP contribution is 2.56. The minimum Gasteiger partial charge on any atom is -0.455 e. The van der Waals surface area contributed by atoms with E-state index >= 15 is 0 Å². The zero-order chi connectivity index (χ0) is 37.1. The maximum absolute atomic E-state index is 6.76. The van der Waals surface area contributed by atoms with Crippen LogP contribution < -0.4 is 4.90 Å². The zero-order valence-corrected chi connectivity index (χ0v) is 31.8. The SMILES string of the molecule is CC1(C)c2ccccc2-c2c(N(c3ccc(-c4cccc5ccccc45)cc3)c3cccc4sc5ccc6oc7c8ccccc8ccc7c6c5c34)cccc21. The maximum atomic E-state index is 6.76. The van der Waals surface area contributed by atoms with Gasteiger partial charge in [-0.25, -0.2) is 0 Å². The Kier molecular flexibility index (Phi) is 6.59. The predicted molar refractivity (Wildman–Crippen MR) is 239 cm³/mol. The van der Waals surface area contributed by atoms with E-state index in [4.69, 9.17) is 4.42 Å². The van der Waals surface area contributed by atoms with E-state index in [0.717, 1.165) is 33.3 Å². The Bertz CT molecular complexity index is 3400. The lowest BCUT2D eigenvalue weighted by Crippen LogP contribution is -2.16.